The molecule has 232 valence electrons. The summed E-state index contributed by atoms with van der Waals surface area (Å²) in [6.45, 7) is 0.573. The lowest BCUT2D eigenvalue weighted by molar-refractivity contribution is -0.252. The fourth-order valence-electron chi connectivity index (χ4n) is 6.00. The molecule has 3 heterocycles. The number of aliphatic hydroxyl groups is 1. The van der Waals surface area contributed by atoms with Gasteiger partial charge in [0.25, 0.3) is 11.8 Å². The molecule has 1 saturated heterocycles. The summed E-state index contributed by atoms with van der Waals surface area (Å²) in [7, 11) is 0. The fraction of sp³-hybridized carbons (Fsp3) is 0.194. The van der Waals surface area contributed by atoms with Gasteiger partial charge >= 0.3 is 0 Å². The second-order valence-electron chi connectivity index (χ2n) is 11.4. The molecule has 10 heteroatoms. The third-order valence-corrected chi connectivity index (χ3v) is 9.16. The van der Waals surface area contributed by atoms with Crippen LogP contribution in [0.2, 0.25) is 10.3 Å². The number of fused-ring (bicyclic) bond motifs is 1. The average molecular weight is 655 g/mol. The van der Waals surface area contributed by atoms with E-state index in [0.717, 1.165) is 33.4 Å². The average Bonchev–Trinajstić information content (AvgIpc) is 3.54. The molecule has 3 atom stereocenters. The van der Waals surface area contributed by atoms with E-state index >= 15 is 0 Å². The Morgan fingerprint density at radius 2 is 1.48 bits per heavy atom. The predicted octanol–water partition coefficient (Wildman–Crippen LogP) is 7.39. The molecule has 5 aromatic rings. The van der Waals surface area contributed by atoms with Gasteiger partial charge in [-0.1, -0.05) is 96.0 Å². The van der Waals surface area contributed by atoms with E-state index in [0.29, 0.717) is 29.2 Å². The van der Waals surface area contributed by atoms with Gasteiger partial charge in [0.15, 0.2) is 11.4 Å². The minimum absolute atomic E-state index is 0.0354. The zero-order chi connectivity index (χ0) is 31.8. The van der Waals surface area contributed by atoms with Gasteiger partial charge in [0.2, 0.25) is 0 Å². The van der Waals surface area contributed by atoms with E-state index in [1.165, 1.54) is 4.90 Å². The summed E-state index contributed by atoms with van der Waals surface area (Å²) < 4.78 is 14.8. The number of imidazole rings is 1. The van der Waals surface area contributed by atoms with E-state index in [9.17, 15) is 14.7 Å². The Morgan fingerprint density at radius 3 is 2.15 bits per heavy atom. The number of aliphatic hydroxyl groups excluding tert-OH is 1. The normalized spacial score (nSPS) is 19.5. The van der Waals surface area contributed by atoms with Crippen molar-refractivity contribution in [3.8, 4) is 11.1 Å². The molecule has 4 aromatic carbocycles. The maximum atomic E-state index is 13.0. The molecule has 0 radical (unpaired) electrons. The van der Waals surface area contributed by atoms with Crippen LogP contribution in [0.4, 0.5) is 0 Å². The van der Waals surface area contributed by atoms with Crippen molar-refractivity contribution in [2.75, 3.05) is 0 Å². The second kappa shape index (κ2) is 12.8. The number of benzene rings is 4. The van der Waals surface area contributed by atoms with Crippen molar-refractivity contribution in [2.24, 2.45) is 0 Å². The number of carbonyl (C=O) groups excluding carboxylic acids is 2. The lowest BCUT2D eigenvalue weighted by Gasteiger charge is -2.36. The highest BCUT2D eigenvalue weighted by Gasteiger charge is 2.35. The van der Waals surface area contributed by atoms with Crippen LogP contribution in [0.25, 0.3) is 11.1 Å². The van der Waals surface area contributed by atoms with Gasteiger partial charge in [0.1, 0.15) is 5.15 Å². The molecule has 1 N–H and O–H groups in total. The van der Waals surface area contributed by atoms with Crippen molar-refractivity contribution in [2.45, 2.75) is 44.6 Å². The van der Waals surface area contributed by atoms with Crippen LogP contribution in [-0.2, 0) is 29.2 Å². The first-order chi connectivity index (χ1) is 22.4. The van der Waals surface area contributed by atoms with Crippen molar-refractivity contribution >= 4 is 35.0 Å². The molecule has 0 bridgehead atoms. The highest BCUT2D eigenvalue weighted by Crippen LogP contribution is 2.40. The number of amides is 2. The van der Waals surface area contributed by atoms with E-state index < -0.39 is 6.29 Å². The molecule has 2 aliphatic heterocycles. The van der Waals surface area contributed by atoms with E-state index in [1.807, 2.05) is 72.8 Å². The van der Waals surface area contributed by atoms with Crippen molar-refractivity contribution in [3.05, 3.63) is 147 Å². The van der Waals surface area contributed by atoms with Gasteiger partial charge in [-0.05, 0) is 52.1 Å². The number of hydrogen-bond acceptors (Lipinski definition) is 6. The van der Waals surface area contributed by atoms with Crippen molar-refractivity contribution < 1.29 is 24.2 Å². The smallest absolute Gasteiger partial charge is 0.261 e. The summed E-state index contributed by atoms with van der Waals surface area (Å²) in [4.78, 5) is 31.3. The van der Waals surface area contributed by atoms with Gasteiger partial charge in [-0.25, -0.2) is 4.98 Å². The third kappa shape index (κ3) is 5.98. The lowest BCUT2D eigenvalue weighted by Crippen LogP contribution is -2.32. The Bertz CT molecular complexity index is 1890. The molecule has 1 fully saturated rings. The van der Waals surface area contributed by atoms with Crippen LogP contribution in [-0.4, -0.2) is 37.5 Å². The zero-order valence-corrected chi connectivity index (χ0v) is 26.1. The highest BCUT2D eigenvalue weighted by atomic mass is 35.5. The zero-order valence-electron chi connectivity index (χ0n) is 24.6. The van der Waals surface area contributed by atoms with E-state index in [2.05, 4.69) is 4.98 Å². The maximum Gasteiger partial charge on any atom is 0.261 e. The monoisotopic (exact) mass is 653 g/mol. The van der Waals surface area contributed by atoms with Crippen molar-refractivity contribution in [1.29, 1.82) is 0 Å². The number of aromatic nitrogens is 2. The minimum atomic E-state index is -0.680. The number of hydrogen-bond donors (Lipinski definition) is 1. The van der Waals surface area contributed by atoms with Crippen molar-refractivity contribution in [3.63, 3.8) is 0 Å². The molecular weight excluding hydrogens is 625 g/mol. The number of imide groups is 1. The molecule has 0 aliphatic carbocycles. The molecule has 46 heavy (non-hydrogen) atoms. The van der Waals surface area contributed by atoms with Crippen LogP contribution in [0.5, 0.6) is 0 Å². The van der Waals surface area contributed by atoms with Gasteiger partial charge < -0.3 is 19.1 Å². The third-order valence-electron chi connectivity index (χ3n) is 8.39. The molecule has 2 amide bonds. The Hall–Kier alpha value is -4.31. The number of nitrogens with zero attached hydrogens (tertiary/aromatic N) is 3. The molecule has 0 saturated carbocycles. The second-order valence-corrected chi connectivity index (χ2v) is 12.1. The molecule has 3 unspecified atom stereocenters. The molecule has 7 rings (SSSR count). The Morgan fingerprint density at radius 1 is 0.783 bits per heavy atom. The van der Waals surface area contributed by atoms with E-state index in [1.54, 1.807) is 35.2 Å². The summed E-state index contributed by atoms with van der Waals surface area (Å²) in [6.07, 6.45) is 0.942. The Balaban J connectivity index is 1.14. The van der Waals surface area contributed by atoms with Crippen LogP contribution in [0.15, 0.2) is 103 Å². The standard InChI is InChI=1S/C36H29Cl2N3O5/c37-32-33(38)40(21-39-32)19-28-17-31(24-13-11-22(20-42)12-14-24)46-36(45-28)27-8-4-7-26(16-27)25-6-3-5-23(15-25)18-41-34(43)29-9-1-2-10-30(29)35(41)44/h1-16,21,28,31,36,42H,17-20H2. The van der Waals surface area contributed by atoms with Crippen LogP contribution in [0.1, 0.15) is 61.8 Å². The summed E-state index contributed by atoms with van der Waals surface area (Å²) in [5.74, 6) is -0.567. The van der Waals surface area contributed by atoms with Gasteiger partial charge in [-0.15, -0.1) is 0 Å². The summed E-state index contributed by atoms with van der Waals surface area (Å²) >= 11 is 12.5. The van der Waals surface area contributed by atoms with Crippen LogP contribution in [0.3, 0.4) is 0 Å². The van der Waals surface area contributed by atoms with Crippen LogP contribution in [0, 0.1) is 0 Å². The number of rotatable bonds is 8. The summed E-state index contributed by atoms with van der Waals surface area (Å²) in [6, 6.07) is 30.4. The van der Waals surface area contributed by atoms with E-state index in [-0.39, 0.29) is 42.3 Å². The van der Waals surface area contributed by atoms with Crippen molar-refractivity contribution in [1.82, 2.24) is 14.5 Å². The minimum Gasteiger partial charge on any atom is -0.392 e. The van der Waals surface area contributed by atoms with Gasteiger partial charge in [0.05, 0.1) is 49.4 Å². The molecule has 0 spiro atoms. The summed E-state index contributed by atoms with van der Waals surface area (Å²) in [5.41, 5.74) is 6.20. The first-order valence-corrected chi connectivity index (χ1v) is 15.6. The summed E-state index contributed by atoms with van der Waals surface area (Å²) in [5, 5.41) is 10.1. The fourth-order valence-corrected chi connectivity index (χ4v) is 6.32. The van der Waals surface area contributed by atoms with Gasteiger partial charge in [-0.3, -0.25) is 14.5 Å². The Kier molecular flexibility index (Phi) is 8.46. The first-order valence-electron chi connectivity index (χ1n) is 14.9. The molecule has 8 nitrogen and oxygen atoms in total. The number of halogens is 2. The van der Waals surface area contributed by atoms with Crippen LogP contribution < -0.4 is 0 Å². The van der Waals surface area contributed by atoms with Gasteiger partial charge in [0, 0.05) is 12.0 Å². The Labute approximate surface area is 275 Å². The number of ether oxygens (including phenoxy) is 2. The molecule has 2 aliphatic rings. The molecule has 1 aromatic heterocycles. The molecular formula is C36H29Cl2N3O5. The topological polar surface area (TPSA) is 93.9 Å². The predicted molar refractivity (Wildman–Crippen MR) is 173 cm³/mol. The van der Waals surface area contributed by atoms with E-state index in [4.69, 9.17) is 32.7 Å². The lowest BCUT2D eigenvalue weighted by atomic mass is 9.98. The maximum absolute atomic E-state index is 13.0. The SMILES string of the molecule is O=C1c2ccccc2C(=O)N1Cc1cccc(-c2cccc(C3OC(Cn4cnc(Cl)c4Cl)CC(c4ccc(CO)cc4)O3)c2)c1. The number of carbonyl (C=O) groups is 2. The first kappa shape index (κ1) is 30.3. The quantitative estimate of drug-likeness (QED) is 0.176. The van der Waals surface area contributed by atoms with Crippen LogP contribution >= 0.6 is 23.2 Å². The highest BCUT2D eigenvalue weighted by molar-refractivity contribution is 6.40. The largest absolute Gasteiger partial charge is 0.392 e. The van der Waals surface area contributed by atoms with Gasteiger partial charge in [-0.2, -0.15) is 0 Å².